The topological polar surface area (TPSA) is 176 Å². The van der Waals surface area contributed by atoms with Crippen LogP contribution in [0.1, 0.15) is 153 Å². The van der Waals surface area contributed by atoms with Gasteiger partial charge in [0.05, 0.1) is 61.0 Å². The first-order chi connectivity index (χ1) is 43.0. The van der Waals surface area contributed by atoms with Crippen molar-refractivity contribution in [1.29, 1.82) is 0 Å². The number of aromatic nitrogens is 6. The number of fused-ring (bicyclic) bond motifs is 4. The summed E-state index contributed by atoms with van der Waals surface area (Å²) in [5.74, 6) is 3.51. The zero-order chi connectivity index (χ0) is 63.6. The molecule has 3 aromatic heterocycles. The molecule has 0 aliphatic heterocycles. The number of carbonyl (C=O) groups excluding carboxylic acids is 1. The Balaban J connectivity index is 0.000000196. The van der Waals surface area contributed by atoms with Gasteiger partial charge in [-0.3, -0.25) is 4.79 Å². The minimum Gasteiger partial charge on any atom is -0.507 e. The van der Waals surface area contributed by atoms with E-state index in [1.165, 1.54) is 33.7 Å². The quantitative estimate of drug-likeness (QED) is 0.0253. The molecule has 0 aliphatic carbocycles. The number of phenolic OH excluding ortho intramolecular Hbond substituents is 3. The lowest BCUT2D eigenvalue weighted by Crippen LogP contribution is -2.21. The van der Waals surface area contributed by atoms with Crippen LogP contribution >= 0.6 is 20.8 Å². The molecule has 0 amide bonds. The molecule has 17 heteroatoms. The summed E-state index contributed by atoms with van der Waals surface area (Å²) in [5, 5.41) is 34.2. The summed E-state index contributed by atoms with van der Waals surface area (Å²) in [4.78, 5) is 28.8. The number of halogens is 1. The van der Waals surface area contributed by atoms with E-state index in [0.717, 1.165) is 81.2 Å². The van der Waals surface area contributed by atoms with Gasteiger partial charge in [0.2, 0.25) is 0 Å². The van der Waals surface area contributed by atoms with Crippen LogP contribution in [0.3, 0.4) is 0 Å². The molecule has 89 heavy (non-hydrogen) atoms. The number of phenols is 3. The minimum absolute atomic E-state index is 0.0277. The van der Waals surface area contributed by atoms with Crippen LogP contribution in [0, 0.1) is 6.92 Å². The highest BCUT2D eigenvalue weighted by Crippen LogP contribution is 2.39. The van der Waals surface area contributed by atoms with Crippen molar-refractivity contribution >= 4 is 43.0 Å². The largest absolute Gasteiger partial charge is 0.507 e. The van der Waals surface area contributed by atoms with E-state index < -0.39 is 0 Å². The Morgan fingerprint density at radius 3 is 1.47 bits per heavy atom. The lowest BCUT2D eigenvalue weighted by Gasteiger charge is -2.23. The van der Waals surface area contributed by atoms with Crippen LogP contribution in [0.15, 0.2) is 133 Å². The smallest absolute Gasteiger partial charge is 0.196 e. The summed E-state index contributed by atoms with van der Waals surface area (Å²) in [6, 6.07) is 40.1. The fourth-order valence-electron chi connectivity index (χ4n) is 9.71. The fourth-order valence-corrected chi connectivity index (χ4v) is 10.6. The van der Waals surface area contributed by atoms with Crippen LogP contribution in [0.5, 0.6) is 46.0 Å². The maximum Gasteiger partial charge on any atom is 0.196 e. The standard InChI is InChI=1S/C37H47N3O6.C18H20O3.C17H19ClN3P/c1-5-9-19-43-26-13-16-29(32(41)23-26)35-38-36(30-17-14-27(24-33(30)42)44-20-10-6-2)40-37(39-35)31-18-15-28(45-21-11-7-3)25-34(31)46-22-12-8-4;1-2-3-7-12-21-15-10-11-16(17(19)13-15)18(20)14-8-5-4-6-9-14;1-10-7-12(17(2,3)4)16(22)15(8-10)21-19-13-6-5-11(18)9-14(13)20(19)21/h13-18,23-25,41-42H,5-12,19-22H2,1-4H3;4-6,8-11,13,19H,2-3,7,12H2,1H3;5-9H,22H2,1-4H3. The summed E-state index contributed by atoms with van der Waals surface area (Å²) in [6.45, 7) is 22.4. The Morgan fingerprint density at radius 1 is 0.506 bits per heavy atom. The first-order valence-corrected chi connectivity index (χ1v) is 32.2. The minimum atomic E-state index is -0.189. The van der Waals surface area contributed by atoms with Crippen LogP contribution in [-0.2, 0) is 5.41 Å². The zero-order valence-electron chi connectivity index (χ0n) is 52.9. The van der Waals surface area contributed by atoms with Gasteiger partial charge in [0.25, 0.3) is 0 Å². The lowest BCUT2D eigenvalue weighted by molar-refractivity contribution is 0.103. The molecule has 0 radical (unpaired) electrons. The van der Waals surface area contributed by atoms with E-state index in [2.05, 4.69) is 104 Å². The molecule has 0 saturated heterocycles. The molecule has 0 aliphatic rings. The highest BCUT2D eigenvalue weighted by molar-refractivity contribution is 7.28. The predicted molar refractivity (Wildman–Crippen MR) is 361 cm³/mol. The second kappa shape index (κ2) is 31.8. The van der Waals surface area contributed by atoms with Gasteiger partial charge in [0.1, 0.15) is 57.0 Å². The Kier molecular flexibility index (Phi) is 23.8. The van der Waals surface area contributed by atoms with Gasteiger partial charge in [0.15, 0.2) is 23.3 Å². The van der Waals surface area contributed by atoms with E-state index in [0.29, 0.717) is 95.4 Å². The number of hydrogen-bond acceptors (Lipinski definition) is 12. The Bertz CT molecular complexity index is 3830. The van der Waals surface area contributed by atoms with Crippen molar-refractivity contribution in [3.8, 4) is 85.8 Å². The molecule has 1 atom stereocenters. The van der Waals surface area contributed by atoms with Crippen molar-refractivity contribution in [2.75, 3.05) is 33.0 Å². The van der Waals surface area contributed by atoms with Crippen molar-refractivity contribution in [3.05, 3.63) is 161 Å². The molecule has 15 nitrogen and oxygen atoms in total. The van der Waals surface area contributed by atoms with Crippen molar-refractivity contribution < 1.29 is 43.8 Å². The molecule has 0 bridgehead atoms. The number of benzene rings is 7. The number of rotatable bonds is 27. The molecule has 1 unspecified atom stereocenters. The van der Waals surface area contributed by atoms with Gasteiger partial charge in [-0.25, -0.2) is 15.0 Å². The fraction of sp³-hybridized carbons (Fsp3) is 0.361. The van der Waals surface area contributed by atoms with Crippen LogP contribution in [-0.4, -0.2) is 83.1 Å². The normalized spacial score (nSPS) is 11.3. The van der Waals surface area contributed by atoms with E-state index in [-0.39, 0.29) is 40.1 Å². The van der Waals surface area contributed by atoms with Crippen LogP contribution in [0.4, 0.5) is 0 Å². The lowest BCUT2D eigenvalue weighted by atomic mass is 9.86. The average Bonchev–Trinajstić information content (AvgIpc) is 1.55. The monoisotopic (exact) mass is 1240 g/mol. The van der Waals surface area contributed by atoms with Gasteiger partial charge in [-0.15, -0.1) is 23.3 Å². The Morgan fingerprint density at radius 2 is 0.966 bits per heavy atom. The number of carbonyl (C=O) groups is 1. The first kappa shape index (κ1) is 66.7. The number of aryl methyl sites for hydroxylation is 1. The molecule has 3 heterocycles. The number of aromatic hydroxyl groups is 3. The predicted octanol–water partition coefficient (Wildman–Crippen LogP) is 17.4. The van der Waals surface area contributed by atoms with Crippen molar-refractivity contribution in [3.63, 3.8) is 0 Å². The van der Waals surface area contributed by atoms with Crippen molar-refractivity contribution in [2.24, 2.45) is 0 Å². The third kappa shape index (κ3) is 17.3. The highest BCUT2D eigenvalue weighted by atomic mass is 35.5. The van der Waals surface area contributed by atoms with E-state index in [1.54, 1.807) is 72.8 Å². The second-order valence-corrected chi connectivity index (χ2v) is 24.1. The summed E-state index contributed by atoms with van der Waals surface area (Å²) < 4.78 is 33.7. The number of ketones is 1. The summed E-state index contributed by atoms with van der Waals surface area (Å²) in [6.07, 6.45) is 10.9. The van der Waals surface area contributed by atoms with E-state index in [9.17, 15) is 20.1 Å². The van der Waals surface area contributed by atoms with Crippen LogP contribution in [0.2, 0.25) is 5.02 Å². The Labute approximate surface area is 531 Å². The maximum absolute atomic E-state index is 12.3. The molecular weight excluding hydrogens is 1160 g/mol. The van der Waals surface area contributed by atoms with E-state index in [1.807, 2.05) is 36.4 Å². The van der Waals surface area contributed by atoms with Crippen molar-refractivity contribution in [1.82, 2.24) is 29.0 Å². The first-order valence-electron chi connectivity index (χ1n) is 31.2. The SMILES string of the molecule is CCCCCOc1ccc(C(=O)c2ccccc2)c(O)c1.CCCCOc1ccc(-c2nc(-c3ccc(OCCCC)cc3O)nc(-c3ccc(OCCCC)cc3OCCCC)n2)c(O)c1.Cc1cc(-n2n3c4ccc(Cl)cc4n23)c(P)c(C(C)(C)C)c1. The van der Waals surface area contributed by atoms with Gasteiger partial charge in [-0.1, -0.05) is 142 Å². The molecular formula is C72H86ClN6O9P. The number of nitrogens with zero attached hydrogens (tertiary/aromatic N) is 6. The van der Waals surface area contributed by atoms with Gasteiger partial charge in [-0.05, 0) is 128 Å². The van der Waals surface area contributed by atoms with E-state index in [4.69, 9.17) is 50.2 Å². The molecule has 0 spiro atoms. The Hall–Kier alpha value is -8.26. The highest BCUT2D eigenvalue weighted by Gasteiger charge is 2.28. The van der Waals surface area contributed by atoms with Gasteiger partial charge >= 0.3 is 0 Å². The molecule has 3 N–H and O–H groups in total. The number of ether oxygens (including phenoxy) is 5. The van der Waals surface area contributed by atoms with Crippen molar-refractivity contribution in [2.45, 2.75) is 138 Å². The molecule has 7 aromatic carbocycles. The molecule has 0 saturated carbocycles. The summed E-state index contributed by atoms with van der Waals surface area (Å²) in [7, 11) is 2.93. The summed E-state index contributed by atoms with van der Waals surface area (Å²) in [5.41, 5.74) is 8.64. The molecule has 10 rings (SSSR count). The number of unbranched alkanes of at least 4 members (excludes halogenated alkanes) is 6. The third-order valence-electron chi connectivity index (χ3n) is 14.8. The van der Waals surface area contributed by atoms with Gasteiger partial charge in [0, 0.05) is 40.2 Å². The van der Waals surface area contributed by atoms with Crippen LogP contribution in [0.25, 0.3) is 50.9 Å². The van der Waals surface area contributed by atoms with E-state index >= 15 is 0 Å². The summed E-state index contributed by atoms with van der Waals surface area (Å²) >= 11 is 6.10. The van der Waals surface area contributed by atoms with Gasteiger partial charge in [-0.2, -0.15) is 0 Å². The second-order valence-electron chi connectivity index (χ2n) is 23.1. The third-order valence-corrected chi connectivity index (χ3v) is 15.6. The van der Waals surface area contributed by atoms with Crippen LogP contribution < -0.4 is 29.0 Å². The maximum atomic E-state index is 12.3. The molecule has 0 fully saturated rings. The zero-order valence-corrected chi connectivity index (χ0v) is 54.9. The molecule has 10 aromatic rings. The average molecular weight is 1250 g/mol. The molecule has 470 valence electrons. The number of hydrogen-bond donors (Lipinski definition) is 3. The van der Waals surface area contributed by atoms with Gasteiger partial charge < -0.3 is 39.0 Å².